The molecule has 4 aromatic carbocycles. The summed E-state index contributed by atoms with van der Waals surface area (Å²) in [7, 11) is 13.8. The first-order valence-electron chi connectivity index (χ1n) is 22.0. The number of fused-ring (bicyclic) bond motifs is 5. The van der Waals surface area contributed by atoms with Crippen molar-refractivity contribution in [2.75, 3.05) is 56.4 Å². The molecule has 0 saturated carbocycles. The van der Waals surface area contributed by atoms with Crippen LogP contribution < -0.4 is 20.5 Å². The molecule has 8 bridgehead atoms. The minimum absolute atomic E-state index is 0. The first kappa shape index (κ1) is 47.4. The van der Waals surface area contributed by atoms with Crippen molar-refractivity contribution in [2.45, 2.75) is 0 Å². The molecule has 9 rings (SSSR count). The SMILES string of the molecule is CN(C)C(=O)c1ccc(C2=C3C=CC(=N3)C(c3ccc(C(=O)N(C)C)cc3)=C3C=CC(=N3)C(=c3ccc(=C([O-])N(C)C)cc3)c3ccc([n-]3)C(c3ccc(C(=O)N(C)C)cc3)=C3C=CC2=N3)cc1.[Mn+2]. The summed E-state index contributed by atoms with van der Waals surface area (Å²) >= 11 is 0. The summed E-state index contributed by atoms with van der Waals surface area (Å²) < 4.78 is 0. The molecule has 0 atom stereocenters. The zero-order valence-corrected chi connectivity index (χ0v) is 40.6. The molecule has 1 radical (unpaired) electrons. The van der Waals surface area contributed by atoms with Crippen LogP contribution in [-0.2, 0) is 17.1 Å². The van der Waals surface area contributed by atoms with Crippen molar-refractivity contribution in [2.24, 2.45) is 15.0 Å². The summed E-state index contributed by atoms with van der Waals surface area (Å²) in [6.45, 7) is 0. The summed E-state index contributed by atoms with van der Waals surface area (Å²) in [5.74, 6) is -0.455. The molecular weight excluding hydrogens is 904 g/mol. The zero-order valence-electron chi connectivity index (χ0n) is 39.4. The quantitative estimate of drug-likeness (QED) is 0.196. The van der Waals surface area contributed by atoms with E-state index < -0.39 is 0 Å². The number of aliphatic imine (C=N–C) groups is 3. The third kappa shape index (κ3) is 9.17. The molecule has 0 fully saturated rings. The number of aromatic nitrogens is 1. The number of carbonyl (C=O) groups is 3. The Bertz CT molecular complexity index is 3350. The first-order chi connectivity index (χ1) is 32.7. The number of nitrogens with zero attached hydrogens (tertiary/aromatic N) is 8. The third-order valence-electron chi connectivity index (χ3n) is 11.9. The van der Waals surface area contributed by atoms with E-state index in [2.05, 4.69) is 0 Å². The van der Waals surface area contributed by atoms with Crippen LogP contribution in [0.25, 0.3) is 28.2 Å². The fourth-order valence-corrected chi connectivity index (χ4v) is 8.42. The monoisotopic (exact) mass is 951 g/mol. The van der Waals surface area contributed by atoms with Crippen LogP contribution in [0.1, 0.15) is 59.2 Å². The molecule has 0 saturated heterocycles. The van der Waals surface area contributed by atoms with Gasteiger partial charge in [0, 0.05) is 84.2 Å². The number of carbonyl (C=O) groups excluding carboxylic acids is 3. The maximum atomic E-state index is 13.0. The van der Waals surface area contributed by atoms with Gasteiger partial charge in [0.1, 0.15) is 0 Å². The number of benzene rings is 4. The second kappa shape index (κ2) is 19.2. The van der Waals surface area contributed by atoms with Gasteiger partial charge in [-0.15, -0.1) is 11.4 Å². The van der Waals surface area contributed by atoms with E-state index in [1.54, 1.807) is 76.0 Å². The molecule has 69 heavy (non-hydrogen) atoms. The van der Waals surface area contributed by atoms with Gasteiger partial charge in [-0.3, -0.25) is 14.4 Å². The summed E-state index contributed by atoms with van der Waals surface area (Å²) in [5.41, 5.74) is 12.2. The summed E-state index contributed by atoms with van der Waals surface area (Å²) in [4.78, 5) is 66.6. The van der Waals surface area contributed by atoms with Crippen LogP contribution in [0.5, 0.6) is 0 Å². The fraction of sp³-hybridized carbons (Fsp3) is 0.143. The van der Waals surface area contributed by atoms with Crippen molar-refractivity contribution >= 4 is 63.0 Å². The van der Waals surface area contributed by atoms with E-state index >= 15 is 0 Å². The second-order valence-electron chi connectivity index (χ2n) is 17.5. The third-order valence-corrected chi connectivity index (χ3v) is 11.9. The number of hydrogen-bond donors (Lipinski definition) is 0. The number of allylic oxidation sites excluding steroid dienone is 8. The predicted octanol–water partition coefficient (Wildman–Crippen LogP) is 5.56. The molecule has 4 aliphatic rings. The molecule has 12 nitrogen and oxygen atoms in total. The van der Waals surface area contributed by atoms with Crippen LogP contribution in [0.4, 0.5) is 0 Å². The molecule has 5 heterocycles. The molecule has 0 unspecified atom stereocenters. The van der Waals surface area contributed by atoms with E-state index in [1.807, 2.05) is 146 Å². The maximum Gasteiger partial charge on any atom is 2.00 e. The molecule has 0 aliphatic carbocycles. The van der Waals surface area contributed by atoms with E-state index in [0.717, 1.165) is 44.2 Å². The molecule has 0 N–H and O–H groups in total. The van der Waals surface area contributed by atoms with Crippen LogP contribution in [0.15, 0.2) is 178 Å². The smallest absolute Gasteiger partial charge is 0.860 e. The summed E-state index contributed by atoms with van der Waals surface area (Å²) in [5, 5.41) is 14.4. The Morgan fingerprint density at radius 3 is 1.10 bits per heavy atom. The molecular formula is C56H48MnN8O4. The van der Waals surface area contributed by atoms with Gasteiger partial charge in [-0.2, -0.15) is 0 Å². The Morgan fingerprint density at radius 1 is 0.406 bits per heavy atom. The predicted molar refractivity (Wildman–Crippen MR) is 268 cm³/mol. The molecule has 5 aromatic rings. The van der Waals surface area contributed by atoms with Gasteiger partial charge in [0.05, 0.1) is 34.2 Å². The van der Waals surface area contributed by atoms with Gasteiger partial charge in [-0.1, -0.05) is 72.8 Å². The van der Waals surface area contributed by atoms with E-state index in [-0.39, 0.29) is 40.7 Å². The number of rotatable bonds is 7. The van der Waals surface area contributed by atoms with Crippen LogP contribution in [0.2, 0.25) is 0 Å². The Hall–Kier alpha value is -8.12. The number of amides is 3. The van der Waals surface area contributed by atoms with Crippen molar-refractivity contribution in [3.8, 4) is 0 Å². The standard InChI is InChI=1S/C56H50N8O4.Mn/c1-61(2)53(65)37-17-9-33(10-18-37)49-41-25-27-43(57-41)50(34-11-19-38(20-12-34)54(66)62(3)4)45-29-31-47(59-45)52(36-15-23-40(24-16-36)56(68)64(7)8)48-32-30-46(60-48)51(44-28-26-42(49)58-44)35-13-21-39(22-14-35)55(67)63(5)6;/h9-32H,1-8H3,(H2,57,58,59,60,65,66,67,68);/q;+2/p-2. The second-order valence-corrected chi connectivity index (χ2v) is 17.5. The van der Waals surface area contributed by atoms with Gasteiger partial charge < -0.3 is 29.7 Å². The zero-order chi connectivity index (χ0) is 48.0. The van der Waals surface area contributed by atoms with E-state index in [9.17, 15) is 19.5 Å². The Morgan fingerprint density at radius 2 is 0.739 bits per heavy atom. The molecule has 1 aromatic heterocycles. The van der Waals surface area contributed by atoms with Crippen LogP contribution in [0.3, 0.4) is 0 Å². The van der Waals surface area contributed by atoms with Crippen molar-refractivity contribution in [3.05, 3.63) is 218 Å². The fourth-order valence-electron chi connectivity index (χ4n) is 8.42. The van der Waals surface area contributed by atoms with Gasteiger partial charge in [0.15, 0.2) is 0 Å². The van der Waals surface area contributed by atoms with Crippen molar-refractivity contribution < 1.29 is 36.6 Å². The van der Waals surface area contributed by atoms with Crippen LogP contribution >= 0.6 is 0 Å². The van der Waals surface area contributed by atoms with Crippen molar-refractivity contribution in [1.29, 1.82) is 0 Å². The van der Waals surface area contributed by atoms with Gasteiger partial charge in [0.2, 0.25) is 0 Å². The Labute approximate surface area is 411 Å². The Kier molecular flexibility index (Phi) is 13.2. The minimum Gasteiger partial charge on any atom is -0.860 e. The number of hydrogen-bond acceptors (Lipinski definition) is 8. The summed E-state index contributed by atoms with van der Waals surface area (Å²) in [6, 6.07) is 33.8. The average molecular weight is 952 g/mol. The van der Waals surface area contributed by atoms with Gasteiger partial charge in [0.25, 0.3) is 17.7 Å². The van der Waals surface area contributed by atoms with E-state index in [1.165, 1.54) is 0 Å². The average Bonchev–Trinajstić information content (AvgIpc) is 4.20. The Balaban J connectivity index is 0.00000642. The maximum absolute atomic E-state index is 13.0. The van der Waals surface area contributed by atoms with Crippen LogP contribution in [0, 0.1) is 0 Å². The molecule has 0 spiro atoms. The normalized spacial score (nSPS) is 14.7. The largest absolute Gasteiger partial charge is 2.00 e. The molecule has 13 heteroatoms. The summed E-state index contributed by atoms with van der Waals surface area (Å²) in [6.07, 6.45) is 11.8. The van der Waals surface area contributed by atoms with Gasteiger partial charge >= 0.3 is 17.1 Å². The van der Waals surface area contributed by atoms with E-state index in [4.69, 9.17) is 20.0 Å². The molecule has 343 valence electrons. The van der Waals surface area contributed by atoms with Gasteiger partial charge in [-0.05, 0) is 117 Å². The van der Waals surface area contributed by atoms with Crippen molar-refractivity contribution in [3.63, 3.8) is 0 Å². The van der Waals surface area contributed by atoms with E-state index in [0.29, 0.717) is 67.5 Å². The van der Waals surface area contributed by atoms with Crippen LogP contribution in [-0.4, -0.2) is 111 Å². The van der Waals surface area contributed by atoms with Crippen molar-refractivity contribution in [1.82, 2.24) is 24.6 Å². The molecule has 3 amide bonds. The molecule has 4 aliphatic heterocycles. The first-order valence-corrected chi connectivity index (χ1v) is 22.0. The minimum atomic E-state index is -0.114. The van der Waals surface area contributed by atoms with Gasteiger partial charge in [-0.25, -0.2) is 15.0 Å². The topological polar surface area (TPSA) is 138 Å².